The predicted molar refractivity (Wildman–Crippen MR) is 88.9 cm³/mol. The van der Waals surface area contributed by atoms with Crippen LogP contribution in [0.25, 0.3) is 0 Å². The summed E-state index contributed by atoms with van der Waals surface area (Å²) in [5, 5.41) is 2.93. The first-order valence-corrected chi connectivity index (χ1v) is 8.33. The third-order valence-electron chi connectivity index (χ3n) is 5.13. The Balaban J connectivity index is 1.73. The Bertz CT molecular complexity index is 592. The topological polar surface area (TPSA) is 52.7 Å². The molecule has 1 aromatic rings. The van der Waals surface area contributed by atoms with Crippen molar-refractivity contribution in [2.75, 3.05) is 20.1 Å². The van der Waals surface area contributed by atoms with Crippen LogP contribution in [0, 0.1) is 5.41 Å². The molecule has 2 aliphatic heterocycles. The molecule has 3 amide bonds. The van der Waals surface area contributed by atoms with Crippen molar-refractivity contribution in [3.63, 3.8) is 0 Å². The standard InChI is InChI=1S/C18H25N3O2/c1-13(2)19-17(23)21-11-9-18(10-12-21)15(20(3)16(18)22)14-7-5-4-6-8-14/h4-8,13,15H,9-12H2,1-3H3,(H,19,23). The van der Waals surface area contributed by atoms with Gasteiger partial charge in [0.2, 0.25) is 5.91 Å². The monoisotopic (exact) mass is 315 g/mol. The van der Waals surface area contributed by atoms with Gasteiger partial charge in [0.05, 0.1) is 11.5 Å². The summed E-state index contributed by atoms with van der Waals surface area (Å²) in [5.41, 5.74) is 0.861. The number of carbonyl (C=O) groups is 2. The van der Waals surface area contributed by atoms with Crippen molar-refractivity contribution in [1.29, 1.82) is 0 Å². The van der Waals surface area contributed by atoms with E-state index in [0.29, 0.717) is 13.1 Å². The highest BCUT2D eigenvalue weighted by atomic mass is 16.2. The number of likely N-dealkylation sites (tertiary alicyclic amines) is 2. The minimum atomic E-state index is -0.329. The van der Waals surface area contributed by atoms with Gasteiger partial charge in [0, 0.05) is 26.2 Å². The van der Waals surface area contributed by atoms with Gasteiger partial charge >= 0.3 is 6.03 Å². The summed E-state index contributed by atoms with van der Waals surface area (Å²) in [4.78, 5) is 28.4. The van der Waals surface area contributed by atoms with E-state index >= 15 is 0 Å². The Morgan fingerprint density at radius 2 is 1.83 bits per heavy atom. The van der Waals surface area contributed by atoms with Crippen LogP contribution in [0.4, 0.5) is 4.79 Å². The van der Waals surface area contributed by atoms with Gasteiger partial charge in [-0.15, -0.1) is 0 Å². The maximum absolute atomic E-state index is 12.6. The van der Waals surface area contributed by atoms with Gasteiger partial charge in [0.25, 0.3) is 0 Å². The largest absolute Gasteiger partial charge is 0.337 e. The lowest BCUT2D eigenvalue weighted by Crippen LogP contribution is -2.65. The highest BCUT2D eigenvalue weighted by Crippen LogP contribution is 2.55. The van der Waals surface area contributed by atoms with Crippen LogP contribution >= 0.6 is 0 Å². The van der Waals surface area contributed by atoms with Crippen molar-refractivity contribution in [1.82, 2.24) is 15.1 Å². The Morgan fingerprint density at radius 1 is 1.22 bits per heavy atom. The molecule has 0 saturated carbocycles. The lowest BCUT2D eigenvalue weighted by molar-refractivity contribution is -0.175. The summed E-state index contributed by atoms with van der Waals surface area (Å²) in [6.07, 6.45) is 1.47. The molecule has 0 aliphatic carbocycles. The van der Waals surface area contributed by atoms with Crippen LogP contribution in [0.3, 0.4) is 0 Å². The molecule has 2 aliphatic rings. The van der Waals surface area contributed by atoms with Crippen molar-refractivity contribution in [2.45, 2.75) is 38.8 Å². The number of β-lactam (4-membered cyclic amide) rings is 1. The van der Waals surface area contributed by atoms with E-state index in [4.69, 9.17) is 0 Å². The zero-order valence-corrected chi connectivity index (χ0v) is 14.1. The molecule has 1 unspecified atom stereocenters. The molecule has 1 aromatic carbocycles. The van der Waals surface area contributed by atoms with E-state index in [1.165, 1.54) is 5.56 Å². The number of benzene rings is 1. The third kappa shape index (κ3) is 2.58. The fraction of sp³-hybridized carbons (Fsp3) is 0.556. The number of hydrogen-bond donors (Lipinski definition) is 1. The smallest absolute Gasteiger partial charge is 0.317 e. The van der Waals surface area contributed by atoms with Gasteiger partial charge in [-0.05, 0) is 32.3 Å². The van der Waals surface area contributed by atoms with Crippen molar-refractivity contribution in [3.8, 4) is 0 Å². The summed E-state index contributed by atoms with van der Waals surface area (Å²) >= 11 is 0. The van der Waals surface area contributed by atoms with Crippen LogP contribution in [0.5, 0.6) is 0 Å². The van der Waals surface area contributed by atoms with Crippen molar-refractivity contribution in [3.05, 3.63) is 35.9 Å². The highest BCUT2D eigenvalue weighted by Gasteiger charge is 2.60. The Labute approximate surface area is 137 Å². The Hall–Kier alpha value is -2.04. The fourth-order valence-corrected chi connectivity index (χ4v) is 4.00. The molecule has 2 saturated heterocycles. The predicted octanol–water partition coefficient (Wildman–Crippen LogP) is 2.40. The molecule has 1 spiro atoms. The van der Waals surface area contributed by atoms with E-state index < -0.39 is 0 Å². The number of hydrogen-bond acceptors (Lipinski definition) is 2. The number of carbonyl (C=O) groups excluding carboxylic acids is 2. The maximum Gasteiger partial charge on any atom is 0.317 e. The Morgan fingerprint density at radius 3 is 2.39 bits per heavy atom. The van der Waals surface area contributed by atoms with E-state index in [2.05, 4.69) is 17.4 Å². The second-order valence-corrected chi connectivity index (χ2v) is 6.98. The molecule has 1 atom stereocenters. The minimum absolute atomic E-state index is 0.0220. The number of urea groups is 1. The molecule has 2 fully saturated rings. The molecule has 2 heterocycles. The zero-order chi connectivity index (χ0) is 16.6. The second-order valence-electron chi connectivity index (χ2n) is 6.98. The van der Waals surface area contributed by atoms with Crippen LogP contribution in [0.15, 0.2) is 30.3 Å². The van der Waals surface area contributed by atoms with E-state index in [1.54, 1.807) is 0 Å². The summed E-state index contributed by atoms with van der Waals surface area (Å²) in [6, 6.07) is 10.5. The molecule has 1 N–H and O–H groups in total. The summed E-state index contributed by atoms with van der Waals surface area (Å²) in [7, 11) is 1.88. The molecule has 5 nitrogen and oxygen atoms in total. The van der Waals surface area contributed by atoms with Gasteiger partial charge in [-0.2, -0.15) is 0 Å². The number of piperidine rings is 1. The molecule has 23 heavy (non-hydrogen) atoms. The quantitative estimate of drug-likeness (QED) is 0.852. The second kappa shape index (κ2) is 5.87. The average Bonchev–Trinajstić information content (AvgIpc) is 2.55. The SMILES string of the molecule is CC(C)NC(=O)N1CCC2(CC1)C(=O)N(C)C2c1ccccc1. The normalized spacial score (nSPS) is 23.1. The summed E-state index contributed by atoms with van der Waals surface area (Å²) < 4.78 is 0. The van der Waals surface area contributed by atoms with Crippen LogP contribution in [0.1, 0.15) is 38.3 Å². The number of amides is 3. The summed E-state index contributed by atoms with van der Waals surface area (Å²) in [6.45, 7) is 5.20. The zero-order valence-electron chi connectivity index (χ0n) is 14.1. The molecular weight excluding hydrogens is 290 g/mol. The maximum atomic E-state index is 12.6. The van der Waals surface area contributed by atoms with E-state index in [9.17, 15) is 9.59 Å². The third-order valence-corrected chi connectivity index (χ3v) is 5.13. The van der Waals surface area contributed by atoms with E-state index in [1.807, 2.05) is 48.9 Å². The van der Waals surface area contributed by atoms with Crippen molar-refractivity contribution >= 4 is 11.9 Å². The fourth-order valence-electron chi connectivity index (χ4n) is 4.00. The van der Waals surface area contributed by atoms with Crippen LogP contribution in [0.2, 0.25) is 0 Å². The summed E-state index contributed by atoms with van der Waals surface area (Å²) in [5.74, 6) is 0.218. The molecule has 5 heteroatoms. The van der Waals surface area contributed by atoms with Crippen LogP contribution in [-0.2, 0) is 4.79 Å². The molecule has 0 radical (unpaired) electrons. The van der Waals surface area contributed by atoms with Crippen molar-refractivity contribution in [2.24, 2.45) is 5.41 Å². The first-order chi connectivity index (χ1) is 11.0. The molecule has 0 bridgehead atoms. The van der Waals surface area contributed by atoms with Gasteiger partial charge in [0.1, 0.15) is 0 Å². The number of rotatable bonds is 2. The minimum Gasteiger partial charge on any atom is -0.337 e. The van der Waals surface area contributed by atoms with Gasteiger partial charge in [-0.1, -0.05) is 30.3 Å². The van der Waals surface area contributed by atoms with E-state index in [0.717, 1.165) is 12.8 Å². The van der Waals surface area contributed by atoms with Gasteiger partial charge in [-0.3, -0.25) is 4.79 Å². The number of nitrogens with one attached hydrogen (secondary N) is 1. The number of nitrogens with zero attached hydrogens (tertiary/aromatic N) is 2. The first kappa shape index (κ1) is 15.8. The molecular formula is C18H25N3O2. The van der Waals surface area contributed by atoms with Gasteiger partial charge in [-0.25, -0.2) is 4.79 Å². The van der Waals surface area contributed by atoms with Gasteiger partial charge in [0.15, 0.2) is 0 Å². The molecule has 3 rings (SSSR count). The molecule has 0 aromatic heterocycles. The van der Waals surface area contributed by atoms with Crippen LogP contribution in [-0.4, -0.2) is 47.9 Å². The van der Waals surface area contributed by atoms with Crippen LogP contribution < -0.4 is 5.32 Å². The van der Waals surface area contributed by atoms with E-state index in [-0.39, 0.29) is 29.4 Å². The lowest BCUT2D eigenvalue weighted by atomic mass is 9.62. The average molecular weight is 315 g/mol. The Kier molecular flexibility index (Phi) is 4.04. The first-order valence-electron chi connectivity index (χ1n) is 8.33. The lowest BCUT2D eigenvalue weighted by Gasteiger charge is -2.57. The van der Waals surface area contributed by atoms with Gasteiger partial charge < -0.3 is 15.1 Å². The highest BCUT2D eigenvalue weighted by molar-refractivity contribution is 5.91. The molecule has 124 valence electrons. The van der Waals surface area contributed by atoms with Crippen molar-refractivity contribution < 1.29 is 9.59 Å².